The Bertz CT molecular complexity index is 662. The van der Waals surface area contributed by atoms with Gasteiger partial charge < -0.3 is 25.5 Å². The predicted molar refractivity (Wildman–Crippen MR) is 64.6 cm³/mol. The first kappa shape index (κ1) is 12.6. The Morgan fingerprint density at radius 1 is 0.842 bits per heavy atom. The van der Waals surface area contributed by atoms with E-state index in [1.165, 1.54) is 18.2 Å². The molecule has 2 aromatic carbocycles. The summed E-state index contributed by atoms with van der Waals surface area (Å²) >= 11 is 0. The van der Waals surface area contributed by atoms with Crippen LogP contribution in [0.2, 0.25) is 0 Å². The standard InChI is InChI=1S/C13H10O6/c14-7-3-1-2-6(4-7)11(17)10-8(15)5-9(16)12(18)13(10)19/h1-5,14-16,18-19H. The SMILES string of the molecule is O=C(c1cccc(O)c1)c1c(O)cc(O)c(O)c1O. The number of hydrogen-bond acceptors (Lipinski definition) is 6. The third-order valence-corrected chi connectivity index (χ3v) is 2.57. The Hall–Kier alpha value is -2.89. The van der Waals surface area contributed by atoms with Crippen LogP contribution in [0.15, 0.2) is 30.3 Å². The summed E-state index contributed by atoms with van der Waals surface area (Å²) < 4.78 is 0. The largest absolute Gasteiger partial charge is 0.508 e. The third kappa shape index (κ3) is 2.11. The lowest BCUT2D eigenvalue weighted by Crippen LogP contribution is -2.02. The highest BCUT2D eigenvalue weighted by Gasteiger charge is 2.23. The molecule has 0 fully saturated rings. The normalized spacial score (nSPS) is 10.3. The molecular weight excluding hydrogens is 252 g/mol. The molecule has 0 aromatic heterocycles. The van der Waals surface area contributed by atoms with Gasteiger partial charge in [0.25, 0.3) is 0 Å². The van der Waals surface area contributed by atoms with Crippen LogP contribution in [0.4, 0.5) is 0 Å². The number of hydrogen-bond donors (Lipinski definition) is 5. The van der Waals surface area contributed by atoms with Gasteiger partial charge in [-0.25, -0.2) is 0 Å². The van der Waals surface area contributed by atoms with Crippen LogP contribution in [0.3, 0.4) is 0 Å². The number of phenols is 5. The van der Waals surface area contributed by atoms with Crippen LogP contribution in [0.1, 0.15) is 15.9 Å². The van der Waals surface area contributed by atoms with Gasteiger partial charge >= 0.3 is 0 Å². The van der Waals surface area contributed by atoms with E-state index < -0.39 is 34.3 Å². The summed E-state index contributed by atoms with van der Waals surface area (Å²) in [6.07, 6.45) is 0. The number of phenolic OH excluding ortho intramolecular Hbond substituents is 5. The molecule has 6 nitrogen and oxygen atoms in total. The van der Waals surface area contributed by atoms with Crippen LogP contribution in [0.5, 0.6) is 28.7 Å². The van der Waals surface area contributed by atoms with Crippen LogP contribution < -0.4 is 0 Å². The zero-order valence-electron chi connectivity index (χ0n) is 9.53. The van der Waals surface area contributed by atoms with Crippen molar-refractivity contribution in [3.63, 3.8) is 0 Å². The van der Waals surface area contributed by atoms with Gasteiger partial charge in [0.2, 0.25) is 11.5 Å². The second-order valence-electron chi connectivity index (χ2n) is 3.87. The molecule has 98 valence electrons. The Morgan fingerprint density at radius 3 is 2.16 bits per heavy atom. The fourth-order valence-corrected chi connectivity index (χ4v) is 1.65. The van der Waals surface area contributed by atoms with Gasteiger partial charge in [-0.3, -0.25) is 4.79 Å². The number of carbonyl (C=O) groups is 1. The maximum atomic E-state index is 12.1. The summed E-state index contributed by atoms with van der Waals surface area (Å²) in [6.45, 7) is 0. The Labute approximate surface area is 107 Å². The molecule has 0 aliphatic heterocycles. The molecule has 0 unspecified atom stereocenters. The lowest BCUT2D eigenvalue weighted by Gasteiger charge is -2.09. The fraction of sp³-hybridized carbons (Fsp3) is 0. The molecule has 0 atom stereocenters. The quantitative estimate of drug-likeness (QED) is 0.317. The maximum absolute atomic E-state index is 12.1. The molecule has 5 N–H and O–H groups in total. The first-order chi connectivity index (χ1) is 8.91. The summed E-state index contributed by atoms with van der Waals surface area (Å²) in [6, 6.07) is 6.02. The highest BCUT2D eigenvalue weighted by atomic mass is 16.3. The van der Waals surface area contributed by atoms with Crippen LogP contribution in [-0.4, -0.2) is 31.3 Å². The van der Waals surface area contributed by atoms with E-state index in [1.54, 1.807) is 0 Å². The van der Waals surface area contributed by atoms with Gasteiger partial charge in [0, 0.05) is 11.6 Å². The summed E-state index contributed by atoms with van der Waals surface area (Å²) in [5, 5.41) is 47.0. The van der Waals surface area contributed by atoms with Crippen LogP contribution in [0, 0.1) is 0 Å². The van der Waals surface area contributed by atoms with Crippen molar-refractivity contribution in [2.24, 2.45) is 0 Å². The molecular formula is C13H10O6. The highest BCUT2D eigenvalue weighted by molar-refractivity contribution is 6.13. The topological polar surface area (TPSA) is 118 Å². The van der Waals surface area contributed by atoms with E-state index >= 15 is 0 Å². The first-order valence-corrected chi connectivity index (χ1v) is 5.22. The molecule has 0 spiro atoms. The van der Waals surface area contributed by atoms with Crippen molar-refractivity contribution in [3.8, 4) is 28.7 Å². The minimum absolute atomic E-state index is 0.00990. The van der Waals surface area contributed by atoms with Crippen molar-refractivity contribution in [1.29, 1.82) is 0 Å². The van der Waals surface area contributed by atoms with Crippen molar-refractivity contribution < 1.29 is 30.3 Å². The van der Waals surface area contributed by atoms with Gasteiger partial charge in [-0.1, -0.05) is 12.1 Å². The molecule has 6 heteroatoms. The molecule has 2 aromatic rings. The molecule has 0 amide bonds. The van der Waals surface area contributed by atoms with Gasteiger partial charge in [0.05, 0.1) is 0 Å². The average Bonchev–Trinajstić information content (AvgIpc) is 2.36. The van der Waals surface area contributed by atoms with Crippen molar-refractivity contribution in [2.75, 3.05) is 0 Å². The summed E-state index contributed by atoms with van der Waals surface area (Å²) in [5.41, 5.74) is -0.545. The number of aromatic hydroxyl groups is 5. The number of benzene rings is 2. The maximum Gasteiger partial charge on any atom is 0.201 e. The average molecular weight is 262 g/mol. The number of ketones is 1. The lowest BCUT2D eigenvalue weighted by molar-refractivity contribution is 0.103. The molecule has 0 saturated carbocycles. The van der Waals surface area contributed by atoms with Gasteiger partial charge in [0.1, 0.15) is 17.1 Å². The minimum atomic E-state index is -0.925. The minimum Gasteiger partial charge on any atom is -0.508 e. The third-order valence-electron chi connectivity index (χ3n) is 2.57. The zero-order valence-corrected chi connectivity index (χ0v) is 9.53. The predicted octanol–water partition coefficient (Wildman–Crippen LogP) is 1.45. The second kappa shape index (κ2) is 4.41. The Balaban J connectivity index is 2.60. The molecule has 0 aliphatic carbocycles. The van der Waals surface area contributed by atoms with Gasteiger partial charge in [0.15, 0.2) is 11.5 Å². The molecule has 19 heavy (non-hydrogen) atoms. The van der Waals surface area contributed by atoms with Gasteiger partial charge in [-0.05, 0) is 12.1 Å². The molecule has 0 aliphatic rings. The molecule has 0 saturated heterocycles. The molecule has 0 bridgehead atoms. The van der Waals surface area contributed by atoms with E-state index in [2.05, 4.69) is 0 Å². The Morgan fingerprint density at radius 2 is 1.53 bits per heavy atom. The van der Waals surface area contributed by atoms with Crippen molar-refractivity contribution in [2.45, 2.75) is 0 Å². The first-order valence-electron chi connectivity index (χ1n) is 5.22. The van der Waals surface area contributed by atoms with E-state index in [9.17, 15) is 30.3 Å². The van der Waals surface area contributed by atoms with Crippen molar-refractivity contribution >= 4 is 5.78 Å². The number of rotatable bonds is 2. The number of carbonyl (C=O) groups excluding carboxylic acids is 1. The van der Waals surface area contributed by atoms with Crippen LogP contribution in [0.25, 0.3) is 0 Å². The van der Waals surface area contributed by atoms with Crippen LogP contribution in [-0.2, 0) is 0 Å². The van der Waals surface area contributed by atoms with E-state index in [0.29, 0.717) is 0 Å². The van der Waals surface area contributed by atoms with Crippen LogP contribution >= 0.6 is 0 Å². The van der Waals surface area contributed by atoms with E-state index in [0.717, 1.165) is 12.1 Å². The van der Waals surface area contributed by atoms with Gasteiger partial charge in [-0.2, -0.15) is 0 Å². The smallest absolute Gasteiger partial charge is 0.201 e. The van der Waals surface area contributed by atoms with Crippen molar-refractivity contribution in [1.82, 2.24) is 0 Å². The van der Waals surface area contributed by atoms with Gasteiger partial charge in [-0.15, -0.1) is 0 Å². The van der Waals surface area contributed by atoms with Crippen molar-refractivity contribution in [3.05, 3.63) is 41.5 Å². The highest BCUT2D eigenvalue weighted by Crippen LogP contribution is 2.43. The molecule has 2 rings (SSSR count). The van der Waals surface area contributed by atoms with E-state index in [-0.39, 0.29) is 11.3 Å². The van der Waals surface area contributed by atoms with E-state index in [1.807, 2.05) is 0 Å². The summed E-state index contributed by atoms with van der Waals surface area (Å²) in [7, 11) is 0. The monoisotopic (exact) mass is 262 g/mol. The lowest BCUT2D eigenvalue weighted by atomic mass is 10.0. The van der Waals surface area contributed by atoms with E-state index in [4.69, 9.17) is 0 Å². The zero-order chi connectivity index (χ0) is 14.2. The fourth-order valence-electron chi connectivity index (χ4n) is 1.65. The molecule has 0 heterocycles. The molecule has 0 radical (unpaired) electrons. The second-order valence-corrected chi connectivity index (χ2v) is 3.87. The summed E-state index contributed by atoms with van der Waals surface area (Å²) in [4.78, 5) is 12.1. The Kier molecular flexibility index (Phi) is 2.92. The summed E-state index contributed by atoms with van der Waals surface area (Å²) in [5.74, 6) is -4.22.